The van der Waals surface area contributed by atoms with Crippen molar-refractivity contribution in [2.24, 2.45) is 11.8 Å². The van der Waals surface area contributed by atoms with Crippen LogP contribution in [0.2, 0.25) is 0 Å². The summed E-state index contributed by atoms with van der Waals surface area (Å²) in [6, 6.07) is 6.50. The first kappa shape index (κ1) is 17.6. The minimum absolute atomic E-state index is 0.104. The van der Waals surface area contributed by atoms with Crippen LogP contribution in [-0.4, -0.2) is 49.3 Å². The number of carbonyl (C=O) groups excluding carboxylic acids is 1. The van der Waals surface area contributed by atoms with Crippen molar-refractivity contribution >= 4 is 16.9 Å². The van der Waals surface area contributed by atoms with E-state index >= 15 is 0 Å². The topological polar surface area (TPSA) is 63.8 Å². The van der Waals surface area contributed by atoms with Crippen molar-refractivity contribution in [3.63, 3.8) is 0 Å². The lowest BCUT2D eigenvalue weighted by Gasteiger charge is -2.49. The Kier molecular flexibility index (Phi) is 4.12. The first-order valence-corrected chi connectivity index (χ1v) is 9.97. The predicted octanol–water partition coefficient (Wildman–Crippen LogP) is 3.19. The summed E-state index contributed by atoms with van der Waals surface area (Å²) in [6.07, 6.45) is 3.65. The number of aromatic amines is 1. The van der Waals surface area contributed by atoms with Crippen molar-refractivity contribution < 1.29 is 19.0 Å². The summed E-state index contributed by atoms with van der Waals surface area (Å²) in [6.45, 7) is 4.06. The minimum Gasteiger partial charge on any atom is -0.497 e. The van der Waals surface area contributed by atoms with E-state index in [9.17, 15) is 4.79 Å². The van der Waals surface area contributed by atoms with E-state index in [1.165, 1.54) is 23.8 Å². The van der Waals surface area contributed by atoms with Crippen LogP contribution in [-0.2, 0) is 20.7 Å². The Morgan fingerprint density at radius 1 is 1.32 bits per heavy atom. The van der Waals surface area contributed by atoms with Crippen molar-refractivity contribution in [2.45, 2.75) is 31.9 Å². The Balaban J connectivity index is 1.54. The summed E-state index contributed by atoms with van der Waals surface area (Å²) < 4.78 is 16.3. The summed E-state index contributed by atoms with van der Waals surface area (Å²) in [7, 11) is 3.14. The van der Waals surface area contributed by atoms with Gasteiger partial charge in [-0.2, -0.15) is 0 Å². The normalized spacial score (nSPS) is 29.2. The maximum absolute atomic E-state index is 12.3. The highest BCUT2D eigenvalue weighted by Crippen LogP contribution is 2.47. The molecule has 1 aromatic carbocycles. The number of rotatable bonds is 2. The number of esters is 1. The molecule has 0 spiro atoms. The van der Waals surface area contributed by atoms with Gasteiger partial charge in [0.05, 0.1) is 38.2 Å². The van der Waals surface area contributed by atoms with Gasteiger partial charge in [0.25, 0.3) is 0 Å². The van der Waals surface area contributed by atoms with Crippen molar-refractivity contribution in [3.8, 4) is 5.75 Å². The third-order valence-electron chi connectivity index (χ3n) is 6.84. The fourth-order valence-corrected chi connectivity index (χ4v) is 5.34. The summed E-state index contributed by atoms with van der Waals surface area (Å²) >= 11 is 0. The van der Waals surface area contributed by atoms with Gasteiger partial charge in [-0.1, -0.05) is 0 Å². The second-order valence-corrected chi connectivity index (χ2v) is 8.10. The Morgan fingerprint density at radius 2 is 2.18 bits per heavy atom. The molecule has 2 aromatic rings. The van der Waals surface area contributed by atoms with Gasteiger partial charge < -0.3 is 19.2 Å². The number of hydrogen-bond donors (Lipinski definition) is 1. The largest absolute Gasteiger partial charge is 0.497 e. The zero-order valence-electron chi connectivity index (χ0n) is 16.5. The maximum atomic E-state index is 12.3. The molecule has 3 unspecified atom stereocenters. The molecular formula is C22H26N2O4. The van der Waals surface area contributed by atoms with Crippen LogP contribution >= 0.6 is 0 Å². The quantitative estimate of drug-likeness (QED) is 0.809. The molecule has 6 heteroatoms. The lowest BCUT2D eigenvalue weighted by Crippen LogP contribution is -2.51. The maximum Gasteiger partial charge on any atom is 0.337 e. The van der Waals surface area contributed by atoms with Gasteiger partial charge in [0, 0.05) is 41.5 Å². The van der Waals surface area contributed by atoms with Gasteiger partial charge in [-0.05, 0) is 43.5 Å². The van der Waals surface area contributed by atoms with E-state index in [1.54, 1.807) is 13.4 Å². The number of aromatic nitrogens is 1. The third kappa shape index (κ3) is 2.54. The van der Waals surface area contributed by atoms with E-state index in [4.69, 9.17) is 14.2 Å². The Bertz CT molecular complexity index is 963. The lowest BCUT2D eigenvalue weighted by molar-refractivity contribution is -0.139. The molecule has 6 nitrogen and oxygen atoms in total. The molecule has 1 saturated heterocycles. The minimum atomic E-state index is -0.271. The fraction of sp³-hybridized carbons (Fsp3) is 0.500. The van der Waals surface area contributed by atoms with Gasteiger partial charge >= 0.3 is 5.97 Å². The van der Waals surface area contributed by atoms with Crippen molar-refractivity contribution in [3.05, 3.63) is 41.3 Å². The molecule has 0 radical (unpaired) electrons. The number of methoxy groups -OCH3 is 2. The molecule has 0 bridgehead atoms. The molecule has 1 N–H and O–H groups in total. The highest BCUT2D eigenvalue weighted by molar-refractivity contribution is 5.89. The van der Waals surface area contributed by atoms with E-state index < -0.39 is 0 Å². The first-order chi connectivity index (χ1) is 13.6. The molecule has 4 atom stereocenters. The molecule has 3 aliphatic rings. The van der Waals surface area contributed by atoms with E-state index in [0.717, 1.165) is 37.2 Å². The number of ether oxygens (including phenoxy) is 3. The van der Waals surface area contributed by atoms with Crippen LogP contribution in [0.25, 0.3) is 10.9 Å². The van der Waals surface area contributed by atoms with Crippen molar-refractivity contribution in [1.29, 1.82) is 0 Å². The van der Waals surface area contributed by atoms with E-state index in [-0.39, 0.29) is 24.0 Å². The van der Waals surface area contributed by atoms with Crippen LogP contribution in [0.5, 0.6) is 5.75 Å². The van der Waals surface area contributed by atoms with Gasteiger partial charge in [0.15, 0.2) is 0 Å². The smallest absolute Gasteiger partial charge is 0.337 e. The number of H-pyrrole nitrogens is 1. The second-order valence-electron chi connectivity index (χ2n) is 8.10. The molecule has 0 aliphatic carbocycles. The molecule has 3 aliphatic heterocycles. The highest BCUT2D eigenvalue weighted by atomic mass is 16.5. The van der Waals surface area contributed by atoms with Crippen LogP contribution in [0, 0.1) is 11.8 Å². The molecule has 148 valence electrons. The average Bonchev–Trinajstić information content (AvgIpc) is 3.10. The Morgan fingerprint density at radius 3 is 2.96 bits per heavy atom. The summed E-state index contributed by atoms with van der Waals surface area (Å²) in [4.78, 5) is 18.6. The van der Waals surface area contributed by atoms with Crippen LogP contribution in [0.15, 0.2) is 30.0 Å². The standard InChI is InChI=1S/C22H26N2O4/c1-12-17-10-24-7-6-14-16-8-13(26-2)4-5-19(16)23-21(14)20(24)9-15(17)18(11-28-12)22(25)27-3/h4-5,8,11-12,15,17,20,23H,6-7,9-10H2,1-3H3/t12-,15?,17?,20?/m0/s1. The summed E-state index contributed by atoms with van der Waals surface area (Å²) in [5.74, 6) is 1.08. The number of piperidine rings is 1. The van der Waals surface area contributed by atoms with Gasteiger partial charge in [0.1, 0.15) is 5.75 Å². The number of hydrogen-bond acceptors (Lipinski definition) is 5. The Labute approximate surface area is 164 Å². The second kappa shape index (κ2) is 6.55. The molecule has 1 aromatic heterocycles. The molecule has 28 heavy (non-hydrogen) atoms. The fourth-order valence-electron chi connectivity index (χ4n) is 5.34. The molecule has 0 amide bonds. The Hall–Kier alpha value is -2.47. The van der Waals surface area contributed by atoms with Crippen molar-refractivity contribution in [1.82, 2.24) is 9.88 Å². The molecular weight excluding hydrogens is 356 g/mol. The predicted molar refractivity (Wildman–Crippen MR) is 105 cm³/mol. The van der Waals surface area contributed by atoms with Crippen LogP contribution in [0.1, 0.15) is 30.6 Å². The van der Waals surface area contributed by atoms with E-state index in [0.29, 0.717) is 11.5 Å². The number of nitrogens with one attached hydrogen (secondary N) is 1. The zero-order valence-corrected chi connectivity index (χ0v) is 16.5. The first-order valence-electron chi connectivity index (χ1n) is 9.97. The zero-order chi connectivity index (χ0) is 19.4. The van der Waals surface area contributed by atoms with Crippen LogP contribution in [0.4, 0.5) is 0 Å². The van der Waals surface area contributed by atoms with Gasteiger partial charge in [0.2, 0.25) is 0 Å². The van der Waals surface area contributed by atoms with Gasteiger partial charge in [-0.3, -0.25) is 4.90 Å². The summed E-state index contributed by atoms with van der Waals surface area (Å²) in [5, 5.41) is 1.25. The SMILES string of the molecule is COC(=O)C1=CO[C@@H](C)C2CN3CCc4c([nH]c5ccc(OC)cc45)C3CC12. The number of nitrogens with zero attached hydrogens (tertiary/aromatic N) is 1. The monoisotopic (exact) mass is 382 g/mol. The molecule has 5 rings (SSSR count). The third-order valence-corrected chi connectivity index (χ3v) is 6.84. The molecule has 0 saturated carbocycles. The summed E-state index contributed by atoms with van der Waals surface area (Å²) in [5.41, 5.74) is 4.50. The van der Waals surface area contributed by atoms with Gasteiger partial charge in [-0.25, -0.2) is 4.79 Å². The molecule has 4 heterocycles. The number of fused-ring (bicyclic) bond motifs is 6. The lowest BCUT2D eigenvalue weighted by atomic mass is 9.72. The highest BCUT2D eigenvalue weighted by Gasteiger charge is 2.46. The van der Waals surface area contributed by atoms with E-state index in [2.05, 4.69) is 28.9 Å². The van der Waals surface area contributed by atoms with Gasteiger partial charge in [-0.15, -0.1) is 0 Å². The van der Waals surface area contributed by atoms with E-state index in [1.807, 2.05) is 6.07 Å². The molecule has 1 fully saturated rings. The van der Waals surface area contributed by atoms with Crippen LogP contribution < -0.4 is 4.74 Å². The number of benzene rings is 1. The van der Waals surface area contributed by atoms with Crippen LogP contribution in [0.3, 0.4) is 0 Å². The number of carbonyl (C=O) groups is 1. The average molecular weight is 382 g/mol. The van der Waals surface area contributed by atoms with Crippen molar-refractivity contribution in [2.75, 3.05) is 27.3 Å².